The number of carbonyl (C=O) groups excluding carboxylic acids is 1. The van der Waals surface area contributed by atoms with Crippen molar-refractivity contribution in [2.24, 2.45) is 7.05 Å². The summed E-state index contributed by atoms with van der Waals surface area (Å²) in [6.07, 6.45) is -1.37. The van der Waals surface area contributed by atoms with E-state index in [1.54, 1.807) is 20.9 Å². The molecule has 154 valence electrons. The van der Waals surface area contributed by atoms with Gasteiger partial charge in [0.25, 0.3) is 6.43 Å². The number of carbonyl (C=O) groups is 1. The predicted octanol–water partition coefficient (Wildman–Crippen LogP) is 0.704. The summed E-state index contributed by atoms with van der Waals surface area (Å²) in [5.41, 5.74) is 0.646. The van der Waals surface area contributed by atoms with Crippen molar-refractivity contribution in [2.75, 3.05) is 26.2 Å². The van der Waals surface area contributed by atoms with Crippen LogP contribution in [-0.2, 0) is 28.4 Å². The molecule has 2 aromatic heterocycles. The molecule has 0 spiro atoms. The molecule has 0 saturated carbocycles. The van der Waals surface area contributed by atoms with Gasteiger partial charge in [0.2, 0.25) is 15.9 Å². The Hall–Kier alpha value is -2.34. The summed E-state index contributed by atoms with van der Waals surface area (Å²) in [7, 11) is -2.01. The fourth-order valence-corrected chi connectivity index (χ4v) is 4.69. The largest absolute Gasteiger partial charge is 0.338 e. The molecule has 3 rings (SSSR count). The zero-order valence-corrected chi connectivity index (χ0v) is 16.7. The van der Waals surface area contributed by atoms with E-state index >= 15 is 0 Å². The number of rotatable bonds is 5. The van der Waals surface area contributed by atoms with Crippen LogP contribution in [0.4, 0.5) is 8.78 Å². The summed E-state index contributed by atoms with van der Waals surface area (Å²) < 4.78 is 55.1. The third kappa shape index (κ3) is 3.78. The second-order valence-corrected chi connectivity index (χ2v) is 8.58. The first-order valence-electron chi connectivity index (χ1n) is 8.70. The Morgan fingerprint density at radius 1 is 1.21 bits per heavy atom. The predicted molar refractivity (Wildman–Crippen MR) is 95.2 cm³/mol. The second-order valence-electron chi connectivity index (χ2n) is 6.67. The van der Waals surface area contributed by atoms with E-state index in [0.717, 1.165) is 0 Å². The Morgan fingerprint density at radius 3 is 2.36 bits per heavy atom. The minimum absolute atomic E-state index is 0.154. The summed E-state index contributed by atoms with van der Waals surface area (Å²) in [5, 5.41) is 7.73. The maximum absolute atomic E-state index is 12.8. The topological polar surface area (TPSA) is 93.3 Å². The van der Waals surface area contributed by atoms with Gasteiger partial charge < -0.3 is 4.90 Å². The monoisotopic (exact) mass is 416 g/mol. The molecule has 3 heterocycles. The van der Waals surface area contributed by atoms with Gasteiger partial charge in [0.05, 0.1) is 11.9 Å². The van der Waals surface area contributed by atoms with Crippen LogP contribution >= 0.6 is 0 Å². The molecule has 12 heteroatoms. The molecule has 0 radical (unpaired) electrons. The van der Waals surface area contributed by atoms with Crippen molar-refractivity contribution in [3.05, 3.63) is 29.3 Å². The highest BCUT2D eigenvalue weighted by atomic mass is 32.2. The molecule has 1 aliphatic rings. The normalized spacial score (nSPS) is 16.1. The lowest BCUT2D eigenvalue weighted by Gasteiger charge is -2.34. The number of alkyl halides is 2. The Morgan fingerprint density at radius 2 is 1.86 bits per heavy atom. The maximum Gasteiger partial charge on any atom is 0.282 e. The van der Waals surface area contributed by atoms with Crippen molar-refractivity contribution in [1.29, 1.82) is 0 Å². The van der Waals surface area contributed by atoms with Gasteiger partial charge >= 0.3 is 0 Å². The molecule has 1 aliphatic heterocycles. The van der Waals surface area contributed by atoms with Gasteiger partial charge in [0.1, 0.15) is 17.1 Å². The highest BCUT2D eigenvalue weighted by Gasteiger charge is 2.32. The van der Waals surface area contributed by atoms with Crippen molar-refractivity contribution in [3.8, 4) is 0 Å². The number of halogens is 2. The smallest absolute Gasteiger partial charge is 0.282 e. The van der Waals surface area contributed by atoms with Gasteiger partial charge in [0.15, 0.2) is 0 Å². The number of hydrogen-bond donors (Lipinski definition) is 0. The summed E-state index contributed by atoms with van der Waals surface area (Å²) in [6, 6.07) is 1.25. The second kappa shape index (κ2) is 7.59. The highest BCUT2D eigenvalue weighted by Crippen LogP contribution is 2.21. The van der Waals surface area contributed by atoms with Crippen LogP contribution in [0, 0.1) is 13.8 Å². The molecule has 0 unspecified atom stereocenters. The molecule has 1 saturated heterocycles. The quantitative estimate of drug-likeness (QED) is 0.716. The van der Waals surface area contributed by atoms with Crippen LogP contribution in [0.3, 0.4) is 0 Å². The average molecular weight is 416 g/mol. The number of aromatic nitrogens is 4. The van der Waals surface area contributed by atoms with Crippen molar-refractivity contribution >= 4 is 15.9 Å². The average Bonchev–Trinajstić information content (AvgIpc) is 3.18. The first-order valence-corrected chi connectivity index (χ1v) is 10.1. The van der Waals surface area contributed by atoms with Gasteiger partial charge in [-0.3, -0.25) is 14.2 Å². The zero-order valence-electron chi connectivity index (χ0n) is 15.8. The Labute approximate surface area is 161 Å². The van der Waals surface area contributed by atoms with E-state index in [1.807, 2.05) is 0 Å². The maximum atomic E-state index is 12.8. The molecule has 1 amide bonds. The number of sulfonamides is 1. The Kier molecular flexibility index (Phi) is 5.53. The molecule has 0 atom stereocenters. The fraction of sp³-hybridized carbons (Fsp3) is 0.562. The summed E-state index contributed by atoms with van der Waals surface area (Å²) in [6.45, 7) is 3.88. The molecular formula is C16H22F2N6O3S. The van der Waals surface area contributed by atoms with Crippen LogP contribution in [-0.4, -0.2) is 69.3 Å². The van der Waals surface area contributed by atoms with E-state index in [4.69, 9.17) is 0 Å². The highest BCUT2D eigenvalue weighted by molar-refractivity contribution is 7.89. The lowest BCUT2D eigenvalue weighted by atomic mass is 10.3. The van der Waals surface area contributed by atoms with Gasteiger partial charge in [-0.15, -0.1) is 0 Å². The first-order chi connectivity index (χ1) is 13.1. The van der Waals surface area contributed by atoms with E-state index in [2.05, 4.69) is 10.2 Å². The van der Waals surface area contributed by atoms with Crippen molar-refractivity contribution in [1.82, 2.24) is 28.8 Å². The van der Waals surface area contributed by atoms with E-state index in [9.17, 15) is 22.0 Å². The number of piperazine rings is 1. The fourth-order valence-electron chi connectivity index (χ4n) is 3.08. The third-order valence-corrected chi connectivity index (χ3v) is 6.91. The van der Waals surface area contributed by atoms with Crippen molar-refractivity contribution in [2.45, 2.75) is 31.7 Å². The third-order valence-electron chi connectivity index (χ3n) is 4.91. The van der Waals surface area contributed by atoms with Crippen LogP contribution in [0.15, 0.2) is 17.2 Å². The summed E-state index contributed by atoms with van der Waals surface area (Å²) >= 11 is 0. The van der Waals surface area contributed by atoms with Crippen LogP contribution in [0.25, 0.3) is 0 Å². The van der Waals surface area contributed by atoms with Crippen molar-refractivity contribution in [3.63, 3.8) is 0 Å². The summed E-state index contributed by atoms with van der Waals surface area (Å²) in [4.78, 5) is 14.2. The molecular weight excluding hydrogens is 394 g/mol. The lowest BCUT2D eigenvalue weighted by Crippen LogP contribution is -2.51. The minimum atomic E-state index is -3.68. The first kappa shape index (κ1) is 20.4. The van der Waals surface area contributed by atoms with Crippen molar-refractivity contribution < 1.29 is 22.0 Å². The van der Waals surface area contributed by atoms with Gasteiger partial charge in [-0.1, -0.05) is 0 Å². The Balaban J connectivity index is 1.63. The van der Waals surface area contributed by atoms with E-state index in [-0.39, 0.29) is 49.2 Å². The molecule has 28 heavy (non-hydrogen) atoms. The summed E-state index contributed by atoms with van der Waals surface area (Å²) in [5.74, 6) is -0.290. The molecule has 0 aliphatic carbocycles. The van der Waals surface area contributed by atoms with Gasteiger partial charge in [0, 0.05) is 38.9 Å². The van der Waals surface area contributed by atoms with E-state index in [0.29, 0.717) is 11.4 Å². The molecule has 0 aromatic carbocycles. The zero-order chi connectivity index (χ0) is 20.6. The number of amides is 1. The molecule has 0 bridgehead atoms. The standard InChI is InChI=1S/C16H22F2N6O3S/c1-11-8-13(16(17)18)20-24(11)10-15(25)22-4-6-23(7-5-22)28(26,27)14-9-19-21(3)12(14)2/h8-9,16H,4-7,10H2,1-3H3. The van der Waals surface area contributed by atoms with Gasteiger partial charge in [-0.05, 0) is 19.9 Å². The van der Waals surface area contributed by atoms with Crippen LogP contribution < -0.4 is 0 Å². The van der Waals surface area contributed by atoms with Crippen LogP contribution in [0.2, 0.25) is 0 Å². The van der Waals surface area contributed by atoms with Gasteiger partial charge in [-0.2, -0.15) is 14.5 Å². The van der Waals surface area contributed by atoms with E-state index in [1.165, 1.54) is 30.8 Å². The molecule has 0 N–H and O–H groups in total. The van der Waals surface area contributed by atoms with Gasteiger partial charge in [-0.25, -0.2) is 17.2 Å². The minimum Gasteiger partial charge on any atom is -0.338 e. The molecule has 1 fully saturated rings. The number of hydrogen-bond acceptors (Lipinski definition) is 5. The molecule has 2 aromatic rings. The van der Waals surface area contributed by atoms with Crippen LogP contribution in [0.1, 0.15) is 23.5 Å². The number of aryl methyl sites for hydroxylation is 2. The number of nitrogens with zero attached hydrogens (tertiary/aromatic N) is 6. The Bertz CT molecular complexity index is 977. The van der Waals surface area contributed by atoms with E-state index < -0.39 is 16.4 Å². The SMILES string of the molecule is Cc1c(S(=O)(=O)N2CCN(C(=O)Cn3nc(C(F)F)cc3C)CC2)cnn1C. The molecule has 9 nitrogen and oxygen atoms in total. The van der Waals surface area contributed by atoms with Crippen LogP contribution in [0.5, 0.6) is 0 Å². The lowest BCUT2D eigenvalue weighted by molar-refractivity contribution is -0.133.